The van der Waals surface area contributed by atoms with E-state index in [0.717, 1.165) is 0 Å². The van der Waals surface area contributed by atoms with Crippen molar-refractivity contribution in [3.05, 3.63) is 29.8 Å². The van der Waals surface area contributed by atoms with Gasteiger partial charge in [0, 0.05) is 12.3 Å². The first-order chi connectivity index (χ1) is 14.5. The fraction of sp³-hybridized carbons (Fsp3) is 0.625. The molecule has 172 valence electrons. The number of benzene rings is 1. The molecule has 0 heterocycles. The number of hydrogen-bond donors (Lipinski definition) is 1. The molecule has 1 aliphatic carbocycles. The molecular weight excluding hydrogens is 400 g/mol. The quantitative estimate of drug-likeness (QED) is 0.496. The van der Waals surface area contributed by atoms with Crippen molar-refractivity contribution in [1.29, 1.82) is 0 Å². The van der Waals surface area contributed by atoms with Gasteiger partial charge in [0.2, 0.25) is 0 Å². The molecule has 0 saturated heterocycles. The fourth-order valence-electron chi connectivity index (χ4n) is 3.94. The zero-order chi connectivity index (χ0) is 23.3. The number of rotatable bonds is 8. The molecule has 0 unspecified atom stereocenters. The van der Waals surface area contributed by atoms with Crippen molar-refractivity contribution in [2.75, 3.05) is 20.3 Å². The average Bonchev–Trinajstić information content (AvgIpc) is 2.69. The Kier molecular flexibility index (Phi) is 8.23. The van der Waals surface area contributed by atoms with Crippen molar-refractivity contribution < 1.29 is 33.7 Å². The third kappa shape index (κ3) is 6.06. The number of carbonyl (C=O) groups is 3. The van der Waals surface area contributed by atoms with Crippen molar-refractivity contribution in [2.45, 2.75) is 52.6 Å². The minimum Gasteiger partial charge on any atom is -0.497 e. The minimum atomic E-state index is -1.67. The third-order valence-electron chi connectivity index (χ3n) is 5.37. The summed E-state index contributed by atoms with van der Waals surface area (Å²) in [6, 6.07) is 6.83. The number of hydrogen-bond acceptors (Lipinski definition) is 7. The molecule has 0 amide bonds. The van der Waals surface area contributed by atoms with Gasteiger partial charge in [-0.1, -0.05) is 39.8 Å². The summed E-state index contributed by atoms with van der Waals surface area (Å²) < 4.78 is 16.1. The van der Waals surface area contributed by atoms with E-state index in [9.17, 15) is 19.5 Å². The summed E-state index contributed by atoms with van der Waals surface area (Å²) in [6.45, 7) is 9.37. The van der Waals surface area contributed by atoms with Gasteiger partial charge < -0.3 is 19.3 Å². The smallest absolute Gasteiger partial charge is 0.317 e. The highest BCUT2D eigenvalue weighted by molar-refractivity contribution is 6.02. The number of esters is 2. The Labute approximate surface area is 184 Å². The van der Waals surface area contributed by atoms with E-state index in [4.69, 9.17) is 14.2 Å². The van der Waals surface area contributed by atoms with Crippen molar-refractivity contribution >= 4 is 17.7 Å². The first kappa shape index (κ1) is 24.9. The molecule has 2 rings (SSSR count). The molecule has 31 heavy (non-hydrogen) atoms. The molecule has 7 nitrogen and oxygen atoms in total. The van der Waals surface area contributed by atoms with Gasteiger partial charge in [-0.3, -0.25) is 14.4 Å². The molecule has 0 aromatic heterocycles. The molecule has 1 fully saturated rings. The maximum Gasteiger partial charge on any atom is 0.317 e. The Morgan fingerprint density at radius 3 is 2.23 bits per heavy atom. The van der Waals surface area contributed by atoms with E-state index in [2.05, 4.69) is 0 Å². The van der Waals surface area contributed by atoms with Gasteiger partial charge in [0.25, 0.3) is 0 Å². The number of aliphatic hydroxyl groups is 1. The molecule has 0 aliphatic heterocycles. The molecule has 4 atom stereocenters. The molecule has 7 heteroatoms. The SMILES string of the molecule is COc1cccc([C@H]2[C@@H](C(=O)OCC(C)C)C(=O)C[C@](C)(O)[C@H]2C(=O)OCC(C)C)c1. The summed E-state index contributed by atoms with van der Waals surface area (Å²) in [5.41, 5.74) is -1.14. The number of ether oxygens (including phenoxy) is 3. The number of carbonyl (C=O) groups excluding carboxylic acids is 3. The lowest BCUT2D eigenvalue weighted by atomic mass is 9.61. The van der Waals surface area contributed by atoms with Crippen LogP contribution in [0.1, 0.15) is 52.5 Å². The van der Waals surface area contributed by atoms with Crippen LogP contribution in [0.2, 0.25) is 0 Å². The lowest BCUT2D eigenvalue weighted by Gasteiger charge is -2.43. The summed E-state index contributed by atoms with van der Waals surface area (Å²) >= 11 is 0. The average molecular weight is 435 g/mol. The zero-order valence-electron chi connectivity index (χ0n) is 19.2. The summed E-state index contributed by atoms with van der Waals surface area (Å²) in [4.78, 5) is 39.1. The van der Waals surface area contributed by atoms with Crippen LogP contribution in [0.4, 0.5) is 0 Å². The Bertz CT molecular complexity index is 797. The van der Waals surface area contributed by atoms with Gasteiger partial charge >= 0.3 is 11.9 Å². The highest BCUT2D eigenvalue weighted by Crippen LogP contribution is 2.47. The Morgan fingerprint density at radius 2 is 1.68 bits per heavy atom. The number of ketones is 1. The molecule has 1 aromatic rings. The van der Waals surface area contributed by atoms with Crippen molar-refractivity contribution in [3.8, 4) is 5.75 Å². The standard InChI is InChI=1S/C24H34O7/c1-14(2)12-30-22(26)20-18(25)11-24(5,28)21(23(27)31-13-15(3)4)19(20)16-8-7-9-17(10-16)29-6/h7-10,14-15,19-21,28H,11-13H2,1-6H3/t19-,20-,21+,24-/m0/s1. The Morgan fingerprint density at radius 1 is 1.10 bits per heavy atom. The molecule has 1 saturated carbocycles. The molecule has 0 radical (unpaired) electrons. The van der Waals surface area contributed by atoms with Crippen LogP contribution in [0.25, 0.3) is 0 Å². The van der Waals surface area contributed by atoms with Gasteiger partial charge in [-0.05, 0) is 36.5 Å². The summed E-state index contributed by atoms with van der Waals surface area (Å²) in [5, 5.41) is 11.1. The second-order valence-electron chi connectivity index (χ2n) is 9.31. The lowest BCUT2D eigenvalue weighted by Crippen LogP contribution is -2.55. The Balaban J connectivity index is 2.55. The highest BCUT2D eigenvalue weighted by Gasteiger charge is 2.57. The zero-order valence-corrected chi connectivity index (χ0v) is 19.2. The van der Waals surface area contributed by atoms with Gasteiger partial charge in [0.05, 0.1) is 31.8 Å². The second-order valence-corrected chi connectivity index (χ2v) is 9.31. The van der Waals surface area contributed by atoms with Crippen molar-refractivity contribution in [2.24, 2.45) is 23.7 Å². The van der Waals surface area contributed by atoms with Gasteiger partial charge in [-0.25, -0.2) is 0 Å². The number of Topliss-reactive ketones (excluding diaryl/α,β-unsaturated/α-hetero) is 1. The van der Waals surface area contributed by atoms with Crippen LogP contribution in [-0.4, -0.2) is 48.8 Å². The Hall–Kier alpha value is -2.41. The van der Waals surface area contributed by atoms with Crippen LogP contribution in [0.3, 0.4) is 0 Å². The van der Waals surface area contributed by atoms with E-state index in [-0.39, 0.29) is 31.5 Å². The molecule has 0 spiro atoms. The van der Waals surface area contributed by atoms with Crippen LogP contribution in [0, 0.1) is 23.7 Å². The maximum atomic E-state index is 13.1. The maximum absolute atomic E-state index is 13.1. The predicted octanol–water partition coefficient (Wildman–Crippen LogP) is 3.13. The van der Waals surface area contributed by atoms with Crippen LogP contribution >= 0.6 is 0 Å². The van der Waals surface area contributed by atoms with E-state index >= 15 is 0 Å². The summed E-state index contributed by atoms with van der Waals surface area (Å²) in [6.07, 6.45) is -0.337. The van der Waals surface area contributed by atoms with Gasteiger partial charge in [-0.15, -0.1) is 0 Å². The normalized spacial score (nSPS) is 26.1. The van der Waals surface area contributed by atoms with E-state index in [1.165, 1.54) is 14.0 Å². The predicted molar refractivity (Wildman–Crippen MR) is 115 cm³/mol. The molecular formula is C24H34O7. The topological polar surface area (TPSA) is 99.1 Å². The van der Waals surface area contributed by atoms with Gasteiger partial charge in [0.15, 0.2) is 5.78 Å². The first-order valence-electron chi connectivity index (χ1n) is 10.7. The van der Waals surface area contributed by atoms with Crippen LogP contribution in [0.5, 0.6) is 5.75 Å². The van der Waals surface area contributed by atoms with E-state index in [1.54, 1.807) is 24.3 Å². The van der Waals surface area contributed by atoms with Crippen molar-refractivity contribution in [1.82, 2.24) is 0 Å². The van der Waals surface area contributed by atoms with E-state index < -0.39 is 41.1 Å². The lowest BCUT2D eigenvalue weighted by molar-refractivity contribution is -0.173. The van der Waals surface area contributed by atoms with Crippen LogP contribution < -0.4 is 4.74 Å². The van der Waals surface area contributed by atoms with E-state index in [0.29, 0.717) is 11.3 Å². The van der Waals surface area contributed by atoms with Gasteiger partial charge in [0.1, 0.15) is 11.7 Å². The highest BCUT2D eigenvalue weighted by atomic mass is 16.5. The molecule has 0 bridgehead atoms. The van der Waals surface area contributed by atoms with Crippen molar-refractivity contribution in [3.63, 3.8) is 0 Å². The second kappa shape index (κ2) is 10.3. The summed E-state index contributed by atoms with van der Waals surface area (Å²) in [7, 11) is 1.50. The summed E-state index contributed by atoms with van der Waals surface area (Å²) in [5.74, 6) is -4.36. The molecule has 1 N–H and O–H groups in total. The first-order valence-corrected chi connectivity index (χ1v) is 10.7. The number of methoxy groups -OCH3 is 1. The largest absolute Gasteiger partial charge is 0.497 e. The van der Waals surface area contributed by atoms with Gasteiger partial charge in [-0.2, -0.15) is 0 Å². The fourth-order valence-corrected chi connectivity index (χ4v) is 3.94. The molecule has 1 aliphatic rings. The van der Waals surface area contributed by atoms with Crippen LogP contribution in [-0.2, 0) is 23.9 Å². The molecule has 1 aromatic carbocycles. The van der Waals surface area contributed by atoms with E-state index in [1.807, 2.05) is 27.7 Å². The third-order valence-corrected chi connectivity index (χ3v) is 5.37. The minimum absolute atomic E-state index is 0.0906. The van der Waals surface area contributed by atoms with Crippen LogP contribution in [0.15, 0.2) is 24.3 Å². The monoisotopic (exact) mass is 434 g/mol.